The Morgan fingerprint density at radius 1 is 1.25 bits per heavy atom. The highest BCUT2D eigenvalue weighted by Crippen LogP contribution is 2.64. The Hall–Kier alpha value is -1.87. The molecule has 0 radical (unpaired) electrons. The van der Waals surface area contributed by atoms with Crippen molar-refractivity contribution in [2.75, 3.05) is 5.32 Å². The molecule has 2 aromatic carbocycles. The molecule has 2 unspecified atom stereocenters. The number of nitrogens with one attached hydrogen (secondary N) is 1. The molecule has 1 aliphatic carbocycles. The number of hydrogen-bond donors (Lipinski definition) is 1. The highest BCUT2D eigenvalue weighted by molar-refractivity contribution is 6.30. The Morgan fingerprint density at radius 2 is 2.05 bits per heavy atom. The Labute approximate surface area is 120 Å². The van der Waals surface area contributed by atoms with Gasteiger partial charge in [0.2, 0.25) is 5.91 Å². The van der Waals surface area contributed by atoms with Crippen LogP contribution in [0.3, 0.4) is 0 Å². The lowest BCUT2D eigenvalue weighted by atomic mass is 9.92. The summed E-state index contributed by atoms with van der Waals surface area (Å²) < 4.78 is 13.3. The van der Waals surface area contributed by atoms with E-state index in [-0.39, 0.29) is 16.8 Å². The number of hydrogen-bond acceptors (Lipinski definition) is 1. The van der Waals surface area contributed by atoms with Gasteiger partial charge in [-0.1, -0.05) is 35.9 Å². The summed E-state index contributed by atoms with van der Waals surface area (Å²) in [4.78, 5) is 12.3. The van der Waals surface area contributed by atoms with Crippen molar-refractivity contribution in [1.82, 2.24) is 0 Å². The molecule has 0 bridgehead atoms. The molecule has 0 aromatic heterocycles. The van der Waals surface area contributed by atoms with Crippen LogP contribution < -0.4 is 5.32 Å². The van der Waals surface area contributed by atoms with E-state index in [4.69, 9.17) is 11.6 Å². The summed E-state index contributed by atoms with van der Waals surface area (Å²) in [6.45, 7) is 0. The molecule has 4 rings (SSSR count). The standard InChI is InChI=1S/C16H11ClFNO/c17-12-7-9(5-6-13(12)18)11-8-16(11)10-3-1-2-4-14(10)19-15(16)20/h1-7,11H,8H2,(H,19,20). The fourth-order valence-corrected chi connectivity index (χ4v) is 3.47. The molecule has 1 aliphatic heterocycles. The number of para-hydroxylation sites is 1. The van der Waals surface area contributed by atoms with E-state index in [1.54, 1.807) is 12.1 Å². The third kappa shape index (κ3) is 1.41. The van der Waals surface area contributed by atoms with Gasteiger partial charge in [-0.2, -0.15) is 0 Å². The van der Waals surface area contributed by atoms with Crippen LogP contribution in [-0.4, -0.2) is 5.91 Å². The summed E-state index contributed by atoms with van der Waals surface area (Å²) in [7, 11) is 0. The quantitative estimate of drug-likeness (QED) is 0.848. The summed E-state index contributed by atoms with van der Waals surface area (Å²) in [6.07, 6.45) is 0.748. The van der Waals surface area contributed by atoms with Crippen molar-refractivity contribution >= 4 is 23.2 Å². The molecule has 1 N–H and O–H groups in total. The summed E-state index contributed by atoms with van der Waals surface area (Å²) in [5, 5.41) is 3.04. The molecule has 2 aliphatic rings. The summed E-state index contributed by atoms with van der Waals surface area (Å²) in [5.74, 6) is -0.324. The molecule has 1 saturated carbocycles. The average Bonchev–Trinajstić information content (AvgIpc) is 3.12. The summed E-state index contributed by atoms with van der Waals surface area (Å²) in [6, 6.07) is 12.5. The van der Waals surface area contributed by atoms with Gasteiger partial charge in [0.1, 0.15) is 5.82 Å². The van der Waals surface area contributed by atoms with Crippen LogP contribution in [0.4, 0.5) is 10.1 Å². The van der Waals surface area contributed by atoms with Crippen LogP contribution in [0.25, 0.3) is 0 Å². The van der Waals surface area contributed by atoms with E-state index in [0.29, 0.717) is 0 Å². The zero-order valence-electron chi connectivity index (χ0n) is 10.5. The largest absolute Gasteiger partial charge is 0.325 e. The first-order valence-electron chi connectivity index (χ1n) is 6.49. The van der Waals surface area contributed by atoms with Crippen LogP contribution in [0.2, 0.25) is 5.02 Å². The van der Waals surface area contributed by atoms with Gasteiger partial charge >= 0.3 is 0 Å². The molecule has 0 saturated heterocycles. The lowest BCUT2D eigenvalue weighted by Gasteiger charge is -2.09. The van der Waals surface area contributed by atoms with E-state index in [9.17, 15) is 9.18 Å². The van der Waals surface area contributed by atoms with Crippen molar-refractivity contribution in [2.24, 2.45) is 0 Å². The first-order chi connectivity index (χ1) is 9.63. The topological polar surface area (TPSA) is 29.1 Å². The third-order valence-corrected chi connectivity index (χ3v) is 4.66. The van der Waals surface area contributed by atoms with Crippen molar-refractivity contribution in [3.63, 3.8) is 0 Å². The van der Waals surface area contributed by atoms with Crippen LogP contribution in [0.5, 0.6) is 0 Å². The number of fused-ring (bicyclic) bond motifs is 2. The van der Waals surface area contributed by atoms with E-state index in [1.165, 1.54) is 6.07 Å². The maximum absolute atomic E-state index is 13.3. The van der Waals surface area contributed by atoms with Gasteiger partial charge in [-0.15, -0.1) is 0 Å². The minimum atomic E-state index is -0.488. The molecule has 1 amide bonds. The Bertz CT molecular complexity index is 745. The SMILES string of the molecule is O=C1Nc2ccccc2C12CC2c1ccc(F)c(Cl)c1. The maximum Gasteiger partial charge on any atom is 0.235 e. The minimum Gasteiger partial charge on any atom is -0.325 e. The van der Waals surface area contributed by atoms with Gasteiger partial charge in [-0.05, 0) is 35.7 Å². The number of carbonyl (C=O) groups is 1. The molecule has 100 valence electrons. The zero-order chi connectivity index (χ0) is 13.9. The van der Waals surface area contributed by atoms with Crippen LogP contribution in [0.1, 0.15) is 23.5 Å². The Kier molecular flexibility index (Phi) is 2.28. The molecule has 20 heavy (non-hydrogen) atoms. The van der Waals surface area contributed by atoms with Gasteiger partial charge in [0.05, 0.1) is 10.4 Å². The van der Waals surface area contributed by atoms with E-state index in [0.717, 1.165) is 23.2 Å². The van der Waals surface area contributed by atoms with Crippen LogP contribution >= 0.6 is 11.6 Å². The van der Waals surface area contributed by atoms with Crippen molar-refractivity contribution in [3.05, 3.63) is 64.4 Å². The zero-order valence-corrected chi connectivity index (χ0v) is 11.2. The second-order valence-corrected chi connectivity index (χ2v) is 5.81. The molecular weight excluding hydrogens is 277 g/mol. The number of rotatable bonds is 1. The number of carbonyl (C=O) groups excluding carboxylic acids is 1. The minimum absolute atomic E-state index is 0.0316. The monoisotopic (exact) mass is 287 g/mol. The fourth-order valence-electron chi connectivity index (χ4n) is 3.28. The van der Waals surface area contributed by atoms with Gasteiger partial charge in [0, 0.05) is 11.6 Å². The molecule has 2 nitrogen and oxygen atoms in total. The molecule has 1 fully saturated rings. The van der Waals surface area contributed by atoms with Gasteiger partial charge < -0.3 is 5.32 Å². The molecule has 2 atom stereocenters. The van der Waals surface area contributed by atoms with Crippen molar-refractivity contribution in [1.29, 1.82) is 0 Å². The van der Waals surface area contributed by atoms with E-state index < -0.39 is 11.2 Å². The molecular formula is C16H11ClFNO. The smallest absolute Gasteiger partial charge is 0.235 e. The number of anilines is 1. The van der Waals surface area contributed by atoms with Crippen molar-refractivity contribution in [2.45, 2.75) is 17.8 Å². The molecule has 1 spiro atoms. The van der Waals surface area contributed by atoms with Crippen LogP contribution in [0, 0.1) is 5.82 Å². The third-order valence-electron chi connectivity index (χ3n) is 4.37. The van der Waals surface area contributed by atoms with Crippen molar-refractivity contribution < 1.29 is 9.18 Å². The van der Waals surface area contributed by atoms with Gasteiger partial charge in [-0.3, -0.25) is 4.79 Å². The van der Waals surface area contributed by atoms with Gasteiger partial charge in [0.15, 0.2) is 0 Å². The average molecular weight is 288 g/mol. The van der Waals surface area contributed by atoms with E-state index in [1.807, 2.05) is 24.3 Å². The highest BCUT2D eigenvalue weighted by atomic mass is 35.5. The fraction of sp³-hybridized carbons (Fsp3) is 0.188. The Morgan fingerprint density at radius 3 is 2.85 bits per heavy atom. The Balaban J connectivity index is 1.79. The predicted octanol–water partition coefficient (Wildman–Crippen LogP) is 3.86. The highest BCUT2D eigenvalue weighted by Gasteiger charge is 2.65. The van der Waals surface area contributed by atoms with Gasteiger partial charge in [-0.25, -0.2) is 4.39 Å². The van der Waals surface area contributed by atoms with E-state index in [2.05, 4.69) is 5.32 Å². The summed E-state index contributed by atoms with van der Waals surface area (Å²) in [5.41, 5.74) is 2.35. The lowest BCUT2D eigenvalue weighted by Crippen LogP contribution is -2.20. The second-order valence-electron chi connectivity index (χ2n) is 5.40. The maximum atomic E-state index is 13.3. The van der Waals surface area contributed by atoms with Gasteiger partial charge in [0.25, 0.3) is 0 Å². The van der Waals surface area contributed by atoms with E-state index >= 15 is 0 Å². The first-order valence-corrected chi connectivity index (χ1v) is 6.86. The summed E-state index contributed by atoms with van der Waals surface area (Å²) >= 11 is 5.84. The molecule has 4 heteroatoms. The second kappa shape index (κ2) is 3.83. The van der Waals surface area contributed by atoms with Crippen LogP contribution in [0.15, 0.2) is 42.5 Å². The normalized spacial score (nSPS) is 26.5. The predicted molar refractivity (Wildman–Crippen MR) is 75.5 cm³/mol. The molecule has 2 aromatic rings. The number of halogens is 2. The van der Waals surface area contributed by atoms with Crippen LogP contribution in [-0.2, 0) is 10.2 Å². The lowest BCUT2D eigenvalue weighted by molar-refractivity contribution is -0.118. The number of amides is 1. The number of benzene rings is 2. The van der Waals surface area contributed by atoms with Crippen molar-refractivity contribution in [3.8, 4) is 0 Å². The first kappa shape index (κ1) is 11.9. The molecule has 1 heterocycles.